The summed E-state index contributed by atoms with van der Waals surface area (Å²) in [7, 11) is 0. The molecule has 0 radical (unpaired) electrons. The first kappa shape index (κ1) is 13.9. The average molecular weight is 288 g/mol. The van der Waals surface area contributed by atoms with Crippen LogP contribution < -0.4 is 10.2 Å². The Morgan fingerprint density at radius 3 is 2.57 bits per heavy atom. The minimum Gasteiger partial charge on any atom is -0.381 e. The zero-order valence-electron chi connectivity index (χ0n) is 11.9. The zero-order chi connectivity index (χ0) is 14.8. The highest BCUT2D eigenvalue weighted by Gasteiger charge is 2.28. The van der Waals surface area contributed by atoms with Crippen LogP contribution in [0.1, 0.15) is 24.9 Å². The van der Waals surface area contributed by atoms with Crippen molar-refractivity contribution in [3.8, 4) is 0 Å². The van der Waals surface area contributed by atoms with Gasteiger partial charge >= 0.3 is 0 Å². The van der Waals surface area contributed by atoms with Crippen molar-refractivity contribution >= 4 is 11.4 Å². The molecule has 0 amide bonds. The molecule has 21 heavy (non-hydrogen) atoms. The van der Waals surface area contributed by atoms with E-state index >= 15 is 0 Å². The van der Waals surface area contributed by atoms with Gasteiger partial charge in [-0.1, -0.05) is 37.3 Å². The molecule has 0 spiro atoms. The van der Waals surface area contributed by atoms with E-state index in [9.17, 15) is 8.78 Å². The molecule has 2 aromatic rings. The van der Waals surface area contributed by atoms with Gasteiger partial charge in [0, 0.05) is 25.2 Å². The number of benzene rings is 2. The Morgan fingerprint density at radius 2 is 1.86 bits per heavy atom. The van der Waals surface area contributed by atoms with Gasteiger partial charge in [0.1, 0.15) is 0 Å². The van der Waals surface area contributed by atoms with E-state index in [0.29, 0.717) is 12.2 Å². The SMILES string of the molecule is CCCN1c2cc(F)c(F)cc2NCC1c1ccccc1. The molecule has 1 aliphatic rings. The van der Waals surface area contributed by atoms with Crippen molar-refractivity contribution in [2.75, 3.05) is 23.3 Å². The second-order valence-electron chi connectivity index (χ2n) is 5.28. The molecular weight excluding hydrogens is 270 g/mol. The van der Waals surface area contributed by atoms with Gasteiger partial charge in [-0.3, -0.25) is 0 Å². The summed E-state index contributed by atoms with van der Waals surface area (Å²) in [5, 5.41) is 3.22. The van der Waals surface area contributed by atoms with Crippen LogP contribution in [0.25, 0.3) is 0 Å². The number of anilines is 2. The van der Waals surface area contributed by atoms with Crippen LogP contribution in [-0.2, 0) is 0 Å². The fourth-order valence-corrected chi connectivity index (χ4v) is 2.89. The minimum absolute atomic E-state index is 0.128. The average Bonchev–Trinajstić information content (AvgIpc) is 2.50. The lowest BCUT2D eigenvalue weighted by Gasteiger charge is -2.39. The Hall–Kier alpha value is -2.10. The summed E-state index contributed by atoms with van der Waals surface area (Å²) in [4.78, 5) is 2.16. The Balaban J connectivity index is 2.03. The highest BCUT2D eigenvalue weighted by molar-refractivity contribution is 5.73. The van der Waals surface area contributed by atoms with Gasteiger partial charge in [0.05, 0.1) is 17.4 Å². The van der Waals surface area contributed by atoms with E-state index in [1.807, 2.05) is 18.2 Å². The van der Waals surface area contributed by atoms with Crippen LogP contribution in [0.4, 0.5) is 20.2 Å². The van der Waals surface area contributed by atoms with E-state index in [4.69, 9.17) is 0 Å². The van der Waals surface area contributed by atoms with Crippen LogP contribution in [0.15, 0.2) is 42.5 Å². The van der Waals surface area contributed by atoms with Crippen LogP contribution in [0.5, 0.6) is 0 Å². The predicted octanol–water partition coefficient (Wildman–Crippen LogP) is 4.35. The molecule has 1 aliphatic heterocycles. The highest BCUT2D eigenvalue weighted by atomic mass is 19.2. The third-order valence-electron chi connectivity index (χ3n) is 3.86. The number of nitrogens with zero attached hydrogens (tertiary/aromatic N) is 1. The van der Waals surface area contributed by atoms with E-state index in [1.54, 1.807) is 0 Å². The lowest BCUT2D eigenvalue weighted by atomic mass is 10.0. The van der Waals surface area contributed by atoms with Crippen molar-refractivity contribution in [2.24, 2.45) is 0 Å². The monoisotopic (exact) mass is 288 g/mol. The van der Waals surface area contributed by atoms with E-state index in [2.05, 4.69) is 29.3 Å². The fourth-order valence-electron chi connectivity index (χ4n) is 2.89. The maximum absolute atomic E-state index is 13.6. The molecule has 2 nitrogen and oxygen atoms in total. The summed E-state index contributed by atoms with van der Waals surface area (Å²) in [6, 6.07) is 12.8. The predicted molar refractivity (Wildman–Crippen MR) is 81.7 cm³/mol. The zero-order valence-corrected chi connectivity index (χ0v) is 11.9. The summed E-state index contributed by atoms with van der Waals surface area (Å²) in [6.07, 6.45) is 0.946. The summed E-state index contributed by atoms with van der Waals surface area (Å²) in [6.45, 7) is 3.57. The summed E-state index contributed by atoms with van der Waals surface area (Å²) < 4.78 is 27.0. The van der Waals surface area contributed by atoms with Crippen molar-refractivity contribution in [3.05, 3.63) is 59.7 Å². The number of hydrogen-bond donors (Lipinski definition) is 1. The number of halogens is 2. The van der Waals surface area contributed by atoms with Gasteiger partial charge in [-0.05, 0) is 12.0 Å². The molecule has 110 valence electrons. The standard InChI is InChI=1S/C17H18F2N2/c1-2-8-21-16-10-14(19)13(18)9-15(16)20-11-17(21)12-6-4-3-5-7-12/h3-7,9-10,17,20H,2,8,11H2,1H3. The lowest BCUT2D eigenvalue weighted by molar-refractivity contribution is 0.506. The maximum Gasteiger partial charge on any atom is 0.161 e. The first-order chi connectivity index (χ1) is 10.2. The second-order valence-corrected chi connectivity index (χ2v) is 5.28. The van der Waals surface area contributed by atoms with Gasteiger partial charge in [0.2, 0.25) is 0 Å². The van der Waals surface area contributed by atoms with E-state index < -0.39 is 11.6 Å². The van der Waals surface area contributed by atoms with E-state index in [-0.39, 0.29) is 6.04 Å². The molecule has 1 unspecified atom stereocenters. The van der Waals surface area contributed by atoms with Crippen LogP contribution in [0, 0.1) is 11.6 Å². The maximum atomic E-state index is 13.6. The Kier molecular flexibility index (Phi) is 3.78. The summed E-state index contributed by atoms with van der Waals surface area (Å²) >= 11 is 0. The minimum atomic E-state index is -0.809. The van der Waals surface area contributed by atoms with Crippen molar-refractivity contribution in [3.63, 3.8) is 0 Å². The topological polar surface area (TPSA) is 15.3 Å². The third-order valence-corrected chi connectivity index (χ3v) is 3.86. The van der Waals surface area contributed by atoms with E-state index in [0.717, 1.165) is 18.7 Å². The van der Waals surface area contributed by atoms with Crippen molar-refractivity contribution in [2.45, 2.75) is 19.4 Å². The normalized spacial score (nSPS) is 17.3. The Labute approximate surface area is 123 Å². The molecule has 0 saturated carbocycles. The Morgan fingerprint density at radius 1 is 1.14 bits per heavy atom. The van der Waals surface area contributed by atoms with Gasteiger partial charge in [0.25, 0.3) is 0 Å². The summed E-state index contributed by atoms with van der Waals surface area (Å²) in [5.41, 5.74) is 2.57. The van der Waals surface area contributed by atoms with Crippen LogP contribution in [0.2, 0.25) is 0 Å². The molecular formula is C17H18F2N2. The second kappa shape index (κ2) is 5.72. The first-order valence-corrected chi connectivity index (χ1v) is 7.25. The Bertz CT molecular complexity index is 628. The smallest absolute Gasteiger partial charge is 0.161 e. The van der Waals surface area contributed by atoms with E-state index in [1.165, 1.54) is 17.7 Å². The largest absolute Gasteiger partial charge is 0.381 e. The van der Waals surface area contributed by atoms with Gasteiger partial charge in [-0.15, -0.1) is 0 Å². The van der Waals surface area contributed by atoms with Crippen LogP contribution in [-0.4, -0.2) is 13.1 Å². The molecule has 1 heterocycles. The van der Waals surface area contributed by atoms with Crippen molar-refractivity contribution < 1.29 is 8.78 Å². The molecule has 3 rings (SSSR count). The van der Waals surface area contributed by atoms with Crippen LogP contribution >= 0.6 is 0 Å². The summed E-state index contributed by atoms with van der Waals surface area (Å²) in [5.74, 6) is -1.61. The molecule has 0 fully saturated rings. The third kappa shape index (κ3) is 2.58. The van der Waals surface area contributed by atoms with Crippen LogP contribution in [0.3, 0.4) is 0 Å². The first-order valence-electron chi connectivity index (χ1n) is 7.25. The quantitative estimate of drug-likeness (QED) is 0.903. The number of hydrogen-bond acceptors (Lipinski definition) is 2. The molecule has 0 saturated heterocycles. The van der Waals surface area contributed by atoms with Gasteiger partial charge in [-0.25, -0.2) is 8.78 Å². The van der Waals surface area contributed by atoms with Gasteiger partial charge < -0.3 is 10.2 Å². The molecule has 1 atom stereocenters. The number of nitrogens with one attached hydrogen (secondary N) is 1. The van der Waals surface area contributed by atoms with Gasteiger partial charge in [-0.2, -0.15) is 0 Å². The highest BCUT2D eigenvalue weighted by Crippen LogP contribution is 2.38. The molecule has 1 N–H and O–H groups in total. The number of rotatable bonds is 3. The number of fused-ring (bicyclic) bond motifs is 1. The molecule has 0 aliphatic carbocycles. The van der Waals surface area contributed by atoms with Gasteiger partial charge in [0.15, 0.2) is 11.6 Å². The molecule has 0 aromatic heterocycles. The lowest BCUT2D eigenvalue weighted by Crippen LogP contribution is -2.38. The van der Waals surface area contributed by atoms with Crippen molar-refractivity contribution in [1.82, 2.24) is 0 Å². The molecule has 4 heteroatoms. The molecule has 2 aromatic carbocycles. The molecule has 0 bridgehead atoms. The fraction of sp³-hybridized carbons (Fsp3) is 0.294. The van der Waals surface area contributed by atoms with Crippen molar-refractivity contribution in [1.29, 1.82) is 0 Å².